The molecular weight excluding hydrogens is 342 g/mol. The topological polar surface area (TPSA) is 69.4 Å². The predicted octanol–water partition coefficient (Wildman–Crippen LogP) is 2.54. The van der Waals surface area contributed by atoms with Crippen LogP contribution in [0.2, 0.25) is 0 Å². The minimum Gasteiger partial charge on any atom is -0.491 e. The second-order valence-electron chi connectivity index (χ2n) is 4.91. The van der Waals surface area contributed by atoms with Gasteiger partial charge in [0.1, 0.15) is 12.4 Å². The van der Waals surface area contributed by atoms with Gasteiger partial charge in [0.25, 0.3) is 0 Å². The summed E-state index contributed by atoms with van der Waals surface area (Å²) < 4.78 is 29.8. The molecule has 0 amide bonds. The van der Waals surface area contributed by atoms with Crippen LogP contribution in [0.4, 0.5) is 0 Å². The fourth-order valence-corrected chi connectivity index (χ4v) is 3.59. The van der Waals surface area contributed by atoms with Crippen LogP contribution < -0.4 is 10.5 Å². The molecule has 1 rings (SSSR count). The van der Waals surface area contributed by atoms with Crippen molar-refractivity contribution in [1.29, 1.82) is 0 Å². The third kappa shape index (κ3) is 5.81. The molecule has 0 heterocycles. The third-order valence-electron chi connectivity index (χ3n) is 2.75. The fourth-order valence-electron chi connectivity index (χ4n) is 1.91. The summed E-state index contributed by atoms with van der Waals surface area (Å²) in [5, 5.41) is 0. The molecule has 0 bridgehead atoms. The molecule has 6 heteroatoms. The first kappa shape index (κ1) is 17.5. The van der Waals surface area contributed by atoms with Crippen molar-refractivity contribution >= 4 is 25.8 Å². The predicted molar refractivity (Wildman–Crippen MR) is 85.9 cm³/mol. The Kier molecular flexibility index (Phi) is 6.99. The number of benzene rings is 1. The minimum absolute atomic E-state index is 0.0236. The number of sulfone groups is 1. The van der Waals surface area contributed by atoms with Gasteiger partial charge in [0.2, 0.25) is 0 Å². The van der Waals surface area contributed by atoms with Gasteiger partial charge >= 0.3 is 0 Å². The first-order chi connectivity index (χ1) is 9.35. The van der Waals surface area contributed by atoms with E-state index in [0.717, 1.165) is 10.0 Å². The molecule has 0 spiro atoms. The molecule has 0 saturated heterocycles. The van der Waals surface area contributed by atoms with Crippen LogP contribution in [0.1, 0.15) is 25.8 Å². The lowest BCUT2D eigenvalue weighted by Crippen LogP contribution is -2.20. The number of rotatable bonds is 8. The zero-order valence-electron chi connectivity index (χ0n) is 11.9. The van der Waals surface area contributed by atoms with E-state index in [9.17, 15) is 8.42 Å². The van der Waals surface area contributed by atoms with Gasteiger partial charge < -0.3 is 10.5 Å². The summed E-state index contributed by atoms with van der Waals surface area (Å²) in [5.74, 6) is 0.940. The summed E-state index contributed by atoms with van der Waals surface area (Å²) in [7, 11) is -3.02. The van der Waals surface area contributed by atoms with E-state index in [1.54, 1.807) is 0 Å². The fraction of sp³-hybridized carbons (Fsp3) is 0.571. The number of ether oxygens (including phenoxy) is 1. The Balaban J connectivity index is 2.72. The second kappa shape index (κ2) is 8.00. The van der Waals surface area contributed by atoms with Crippen molar-refractivity contribution in [2.75, 3.05) is 18.1 Å². The van der Waals surface area contributed by atoms with Gasteiger partial charge in [-0.3, -0.25) is 0 Å². The van der Waals surface area contributed by atoms with Crippen LogP contribution in [-0.2, 0) is 16.3 Å². The molecule has 0 saturated carbocycles. The van der Waals surface area contributed by atoms with Crippen LogP contribution in [0.5, 0.6) is 5.75 Å². The second-order valence-corrected chi connectivity index (χ2v) is 8.07. The lowest BCUT2D eigenvalue weighted by atomic mass is 10.1. The summed E-state index contributed by atoms with van der Waals surface area (Å²) >= 11 is 3.43. The molecule has 0 fully saturated rings. The highest BCUT2D eigenvalue weighted by molar-refractivity contribution is 9.10. The highest BCUT2D eigenvalue weighted by Gasteiger charge is 2.13. The Morgan fingerprint density at radius 2 is 2.05 bits per heavy atom. The molecule has 2 N–H and O–H groups in total. The van der Waals surface area contributed by atoms with Crippen LogP contribution in [0, 0.1) is 0 Å². The van der Waals surface area contributed by atoms with E-state index >= 15 is 0 Å². The van der Waals surface area contributed by atoms with E-state index in [0.29, 0.717) is 18.6 Å². The number of hydrogen-bond donors (Lipinski definition) is 1. The first-order valence-electron chi connectivity index (χ1n) is 6.72. The Labute approximate surface area is 129 Å². The van der Waals surface area contributed by atoms with Gasteiger partial charge in [-0.1, -0.05) is 19.1 Å². The van der Waals surface area contributed by atoms with Crippen molar-refractivity contribution in [3.05, 3.63) is 28.2 Å². The average molecular weight is 364 g/mol. The van der Waals surface area contributed by atoms with Crippen molar-refractivity contribution in [1.82, 2.24) is 0 Å². The zero-order valence-corrected chi connectivity index (χ0v) is 14.3. The normalized spacial score (nSPS) is 13.2. The molecular formula is C14H22BrNO3S. The van der Waals surface area contributed by atoms with Crippen molar-refractivity contribution in [3.63, 3.8) is 0 Å². The smallest absolute Gasteiger partial charge is 0.153 e. The van der Waals surface area contributed by atoms with E-state index in [2.05, 4.69) is 15.9 Å². The molecule has 1 unspecified atom stereocenters. The first-order valence-corrected chi connectivity index (χ1v) is 9.33. The van der Waals surface area contributed by atoms with Gasteiger partial charge in [-0.05, 0) is 47.3 Å². The molecule has 4 nitrogen and oxygen atoms in total. The van der Waals surface area contributed by atoms with Crippen molar-refractivity contribution < 1.29 is 13.2 Å². The Hall–Kier alpha value is -0.590. The Bertz CT molecular complexity index is 529. The van der Waals surface area contributed by atoms with Crippen LogP contribution in [-0.4, -0.2) is 32.6 Å². The molecule has 1 aromatic rings. The lowest BCUT2D eigenvalue weighted by Gasteiger charge is -2.14. The van der Waals surface area contributed by atoms with Crippen LogP contribution in [0.25, 0.3) is 0 Å². The molecule has 114 valence electrons. The largest absolute Gasteiger partial charge is 0.491 e. The van der Waals surface area contributed by atoms with Gasteiger partial charge in [0.15, 0.2) is 9.84 Å². The van der Waals surface area contributed by atoms with E-state index in [-0.39, 0.29) is 24.2 Å². The highest BCUT2D eigenvalue weighted by Crippen LogP contribution is 2.29. The standard InChI is InChI=1S/C14H22BrNO3S/c1-3-8-20(17,18)9-7-19-14-12(10-11(2)16)5-4-6-13(14)15/h4-6,11H,3,7-10,16H2,1-2H3. The maximum absolute atomic E-state index is 11.7. The van der Waals surface area contributed by atoms with Crippen LogP contribution in [0.3, 0.4) is 0 Å². The highest BCUT2D eigenvalue weighted by atomic mass is 79.9. The zero-order chi connectivity index (χ0) is 15.2. The van der Waals surface area contributed by atoms with Gasteiger partial charge in [-0.25, -0.2) is 8.42 Å². The average Bonchev–Trinajstić information content (AvgIpc) is 2.31. The van der Waals surface area contributed by atoms with E-state index in [1.165, 1.54) is 0 Å². The molecule has 0 aliphatic carbocycles. The number of para-hydroxylation sites is 1. The number of nitrogens with two attached hydrogens (primary N) is 1. The molecule has 0 radical (unpaired) electrons. The maximum atomic E-state index is 11.7. The molecule has 0 aromatic heterocycles. The van der Waals surface area contributed by atoms with Gasteiger partial charge in [-0.2, -0.15) is 0 Å². The van der Waals surface area contributed by atoms with E-state index < -0.39 is 9.84 Å². The summed E-state index contributed by atoms with van der Waals surface area (Å²) in [4.78, 5) is 0. The van der Waals surface area contributed by atoms with Gasteiger partial charge in [0, 0.05) is 6.04 Å². The maximum Gasteiger partial charge on any atom is 0.153 e. The van der Waals surface area contributed by atoms with Crippen molar-refractivity contribution in [2.45, 2.75) is 32.7 Å². The van der Waals surface area contributed by atoms with Gasteiger partial charge in [-0.15, -0.1) is 0 Å². The Morgan fingerprint density at radius 1 is 1.35 bits per heavy atom. The number of hydrogen-bond acceptors (Lipinski definition) is 4. The lowest BCUT2D eigenvalue weighted by molar-refractivity contribution is 0.334. The van der Waals surface area contributed by atoms with E-state index in [4.69, 9.17) is 10.5 Å². The quantitative estimate of drug-likeness (QED) is 0.770. The molecule has 1 aromatic carbocycles. The minimum atomic E-state index is -3.02. The Morgan fingerprint density at radius 3 is 2.65 bits per heavy atom. The third-order valence-corrected chi connectivity index (χ3v) is 5.19. The van der Waals surface area contributed by atoms with Gasteiger partial charge in [0.05, 0.1) is 16.0 Å². The van der Waals surface area contributed by atoms with Crippen LogP contribution >= 0.6 is 15.9 Å². The monoisotopic (exact) mass is 363 g/mol. The summed E-state index contributed by atoms with van der Waals surface area (Å²) in [5.41, 5.74) is 6.80. The molecule has 0 aliphatic rings. The molecule has 1 atom stereocenters. The van der Waals surface area contributed by atoms with Crippen molar-refractivity contribution in [2.24, 2.45) is 5.73 Å². The van der Waals surface area contributed by atoms with Crippen molar-refractivity contribution in [3.8, 4) is 5.75 Å². The summed E-state index contributed by atoms with van der Waals surface area (Å²) in [6, 6.07) is 5.77. The summed E-state index contributed by atoms with van der Waals surface area (Å²) in [6.07, 6.45) is 1.32. The molecule has 0 aliphatic heterocycles. The van der Waals surface area contributed by atoms with E-state index in [1.807, 2.05) is 32.0 Å². The molecule has 20 heavy (non-hydrogen) atoms. The van der Waals surface area contributed by atoms with Crippen LogP contribution in [0.15, 0.2) is 22.7 Å². The SMILES string of the molecule is CCCS(=O)(=O)CCOc1c(Br)cccc1CC(C)N. The number of halogens is 1. The summed E-state index contributed by atoms with van der Waals surface area (Å²) in [6.45, 7) is 3.94.